The number of hydrogen-bond acceptors (Lipinski definition) is 3. The lowest BCUT2D eigenvalue weighted by Crippen LogP contribution is -2.34. The molecule has 2 rings (SSSR count). The van der Waals surface area contributed by atoms with Crippen molar-refractivity contribution in [3.63, 3.8) is 0 Å². The van der Waals surface area contributed by atoms with E-state index >= 15 is 0 Å². The van der Waals surface area contributed by atoms with Crippen LogP contribution >= 0.6 is 34.8 Å². The van der Waals surface area contributed by atoms with Crippen LogP contribution in [-0.4, -0.2) is 27.6 Å². The maximum atomic E-state index is 11.8. The Morgan fingerprint density at radius 3 is 2.36 bits per heavy atom. The molecule has 2 fully saturated rings. The molecule has 25 heavy (non-hydrogen) atoms. The van der Waals surface area contributed by atoms with E-state index in [0.29, 0.717) is 18.8 Å². The maximum Gasteiger partial charge on any atom is 0.317 e. The van der Waals surface area contributed by atoms with E-state index in [1.165, 1.54) is 0 Å². The second-order valence-electron chi connectivity index (χ2n) is 8.38. The fourth-order valence-corrected chi connectivity index (χ4v) is 4.80. The maximum absolute atomic E-state index is 11.8. The molecule has 0 aromatic rings. The Balaban J connectivity index is 1.76. The topological polar surface area (TPSA) is 43.4 Å². The van der Waals surface area contributed by atoms with Crippen LogP contribution in [0.4, 0.5) is 0 Å². The first-order chi connectivity index (χ1) is 11.6. The third-order valence-electron chi connectivity index (χ3n) is 5.70. The standard InChI is InChI=1S/C19H29Cl3O3/c1-11(5-4-8-19(2,3)22)15(20)7-6-12-9-13-14(10-16(12)21)18(24)25-17(13)23/h11-16H,4-10H2,1-3H3. The second-order valence-corrected chi connectivity index (χ2v) is 10.5. The van der Waals surface area contributed by atoms with Gasteiger partial charge in [-0.1, -0.05) is 13.3 Å². The zero-order valence-corrected chi connectivity index (χ0v) is 17.5. The monoisotopic (exact) mass is 410 g/mol. The van der Waals surface area contributed by atoms with E-state index in [1.54, 1.807) is 0 Å². The highest BCUT2D eigenvalue weighted by Crippen LogP contribution is 2.43. The smallest absolute Gasteiger partial charge is 0.317 e. The van der Waals surface area contributed by atoms with Gasteiger partial charge in [-0.15, -0.1) is 34.8 Å². The molecule has 3 nitrogen and oxygen atoms in total. The van der Waals surface area contributed by atoms with Crippen molar-refractivity contribution in [2.45, 2.75) is 81.3 Å². The predicted molar refractivity (Wildman–Crippen MR) is 102 cm³/mol. The zero-order chi connectivity index (χ0) is 18.8. The molecule has 0 amide bonds. The number of carbonyl (C=O) groups is 2. The van der Waals surface area contributed by atoms with Crippen LogP contribution < -0.4 is 0 Å². The lowest BCUT2D eigenvalue weighted by atomic mass is 9.73. The van der Waals surface area contributed by atoms with Gasteiger partial charge in [0.15, 0.2) is 0 Å². The molecule has 0 bridgehead atoms. The van der Waals surface area contributed by atoms with Crippen LogP contribution in [-0.2, 0) is 14.3 Å². The van der Waals surface area contributed by atoms with Crippen molar-refractivity contribution in [3.05, 3.63) is 0 Å². The Kier molecular flexibility index (Phi) is 7.50. The van der Waals surface area contributed by atoms with E-state index in [2.05, 4.69) is 6.92 Å². The molecule has 1 saturated carbocycles. The summed E-state index contributed by atoms with van der Waals surface area (Å²) in [4.78, 5) is 23.3. The normalized spacial score (nSPS) is 32.2. The fraction of sp³-hybridized carbons (Fsp3) is 0.895. The molecule has 0 spiro atoms. The Morgan fingerprint density at radius 1 is 1.16 bits per heavy atom. The van der Waals surface area contributed by atoms with Crippen LogP contribution in [0.3, 0.4) is 0 Å². The van der Waals surface area contributed by atoms with Gasteiger partial charge in [-0.25, -0.2) is 0 Å². The molecule has 6 unspecified atom stereocenters. The first-order valence-corrected chi connectivity index (χ1v) is 10.6. The van der Waals surface area contributed by atoms with Crippen molar-refractivity contribution in [3.8, 4) is 0 Å². The van der Waals surface area contributed by atoms with Gasteiger partial charge < -0.3 is 4.74 Å². The molecule has 0 N–H and O–H groups in total. The third kappa shape index (κ3) is 6.01. The quantitative estimate of drug-likeness (QED) is 0.299. The molecule has 0 aromatic carbocycles. The van der Waals surface area contributed by atoms with Crippen molar-refractivity contribution < 1.29 is 14.3 Å². The van der Waals surface area contributed by atoms with Gasteiger partial charge in [0.1, 0.15) is 0 Å². The Morgan fingerprint density at radius 2 is 1.76 bits per heavy atom. The molecule has 1 aliphatic carbocycles. The van der Waals surface area contributed by atoms with Gasteiger partial charge in [0.2, 0.25) is 0 Å². The molecule has 6 heteroatoms. The van der Waals surface area contributed by atoms with Crippen molar-refractivity contribution in [2.75, 3.05) is 0 Å². The molecule has 1 saturated heterocycles. The SMILES string of the molecule is CC(CCCC(C)(C)Cl)C(Cl)CCC1CC2C(=O)OC(=O)C2CC1Cl. The van der Waals surface area contributed by atoms with E-state index < -0.39 is 5.97 Å². The minimum absolute atomic E-state index is 0.0871. The number of alkyl halides is 3. The van der Waals surface area contributed by atoms with Crippen molar-refractivity contribution in [2.24, 2.45) is 23.7 Å². The Bertz CT molecular complexity index is 489. The largest absolute Gasteiger partial charge is 0.393 e. The van der Waals surface area contributed by atoms with Gasteiger partial charge in [0, 0.05) is 15.6 Å². The summed E-state index contributed by atoms with van der Waals surface area (Å²) in [5.41, 5.74) is 0. The van der Waals surface area contributed by atoms with Gasteiger partial charge in [0.05, 0.1) is 11.8 Å². The molecule has 1 aliphatic heterocycles. The number of ether oxygens (including phenoxy) is 1. The number of halogens is 3. The summed E-state index contributed by atoms with van der Waals surface area (Å²) in [6.45, 7) is 6.25. The molecule has 6 atom stereocenters. The fourth-order valence-electron chi connectivity index (χ4n) is 3.99. The predicted octanol–water partition coefficient (Wildman–Crippen LogP) is 5.53. The number of esters is 2. The van der Waals surface area contributed by atoms with E-state index in [4.69, 9.17) is 39.5 Å². The second kappa shape index (κ2) is 8.80. The number of fused-ring (bicyclic) bond motifs is 1. The van der Waals surface area contributed by atoms with Crippen LogP contribution in [0.2, 0.25) is 0 Å². The first-order valence-electron chi connectivity index (χ1n) is 9.31. The van der Waals surface area contributed by atoms with E-state index in [1.807, 2.05) is 13.8 Å². The first kappa shape index (κ1) is 21.3. The highest BCUT2D eigenvalue weighted by Gasteiger charge is 2.50. The summed E-state index contributed by atoms with van der Waals surface area (Å²) in [6, 6.07) is 0. The lowest BCUT2D eigenvalue weighted by molar-refractivity contribution is -0.153. The summed E-state index contributed by atoms with van der Waals surface area (Å²) < 4.78 is 4.77. The van der Waals surface area contributed by atoms with Crippen molar-refractivity contribution >= 4 is 46.7 Å². The van der Waals surface area contributed by atoms with Gasteiger partial charge in [0.25, 0.3) is 0 Å². The van der Waals surface area contributed by atoms with E-state index in [0.717, 1.165) is 32.1 Å². The van der Waals surface area contributed by atoms with Gasteiger partial charge >= 0.3 is 11.9 Å². The van der Waals surface area contributed by atoms with Gasteiger partial charge in [-0.2, -0.15) is 0 Å². The molecule has 0 aromatic heterocycles. The minimum Gasteiger partial charge on any atom is -0.393 e. The van der Waals surface area contributed by atoms with Crippen LogP contribution in [0.25, 0.3) is 0 Å². The average molecular weight is 412 g/mol. The van der Waals surface area contributed by atoms with Crippen LogP contribution in [0.1, 0.15) is 65.7 Å². The molecule has 2 aliphatic rings. The number of rotatable bonds is 8. The highest BCUT2D eigenvalue weighted by atomic mass is 35.5. The van der Waals surface area contributed by atoms with Crippen molar-refractivity contribution in [1.29, 1.82) is 0 Å². The van der Waals surface area contributed by atoms with E-state index in [-0.39, 0.29) is 39.4 Å². The Labute approximate surface area is 166 Å². The van der Waals surface area contributed by atoms with Gasteiger partial charge in [-0.05, 0) is 64.2 Å². The summed E-state index contributed by atoms with van der Waals surface area (Å²) in [5.74, 6) is -0.769. The molecule has 144 valence electrons. The van der Waals surface area contributed by atoms with Gasteiger partial charge in [-0.3, -0.25) is 9.59 Å². The van der Waals surface area contributed by atoms with Crippen LogP contribution in [0, 0.1) is 23.7 Å². The molecular weight excluding hydrogens is 383 g/mol. The number of cyclic esters (lactones) is 2. The number of hydrogen-bond donors (Lipinski definition) is 0. The third-order valence-corrected chi connectivity index (χ3v) is 7.07. The molecule has 1 heterocycles. The summed E-state index contributed by atoms with van der Waals surface area (Å²) in [5, 5.41) is 0.00751. The number of carbonyl (C=O) groups excluding carboxylic acids is 2. The molecule has 0 radical (unpaired) electrons. The van der Waals surface area contributed by atoms with E-state index in [9.17, 15) is 9.59 Å². The van der Waals surface area contributed by atoms with Crippen molar-refractivity contribution in [1.82, 2.24) is 0 Å². The molecular formula is C19H29Cl3O3. The Hall–Kier alpha value is 0.01000. The minimum atomic E-state index is -0.398. The summed E-state index contributed by atoms with van der Waals surface area (Å²) in [6.07, 6.45) is 6.05. The van der Waals surface area contributed by atoms with Crippen LogP contribution in [0.15, 0.2) is 0 Å². The zero-order valence-electron chi connectivity index (χ0n) is 15.3. The summed E-state index contributed by atoms with van der Waals surface area (Å²) in [7, 11) is 0. The lowest BCUT2D eigenvalue weighted by Gasteiger charge is -2.33. The van der Waals surface area contributed by atoms with Crippen LogP contribution in [0.5, 0.6) is 0 Å². The highest BCUT2D eigenvalue weighted by molar-refractivity contribution is 6.23. The average Bonchev–Trinajstić information content (AvgIpc) is 2.77. The summed E-state index contributed by atoms with van der Waals surface area (Å²) >= 11 is 19.3.